The highest BCUT2D eigenvalue weighted by Gasteiger charge is 2.24. The van der Waals surface area contributed by atoms with E-state index in [0.29, 0.717) is 12.2 Å². The lowest BCUT2D eigenvalue weighted by molar-refractivity contribution is -0.121. The van der Waals surface area contributed by atoms with Crippen molar-refractivity contribution in [2.45, 2.75) is 102 Å². The average Bonchev–Trinajstić information content (AvgIpc) is 2.41. The summed E-state index contributed by atoms with van der Waals surface area (Å²) in [5, 5.41) is 0. The van der Waals surface area contributed by atoms with Crippen molar-refractivity contribution in [3.63, 3.8) is 0 Å². The van der Waals surface area contributed by atoms with Crippen LogP contribution in [-0.2, 0) is 9.47 Å². The summed E-state index contributed by atoms with van der Waals surface area (Å²) in [5.74, 6) is 0. The molecule has 0 amide bonds. The summed E-state index contributed by atoms with van der Waals surface area (Å²) < 4.78 is 12.3. The first-order valence-electron chi connectivity index (χ1n) is 8.06. The molecule has 0 unspecified atom stereocenters. The molecule has 0 aromatic carbocycles. The number of ether oxygens (including phenoxy) is 2. The topological polar surface area (TPSA) is 18.5 Å². The lowest BCUT2D eigenvalue weighted by Crippen LogP contribution is -2.34. The molecule has 0 aliphatic heterocycles. The fourth-order valence-corrected chi connectivity index (χ4v) is 3.23. The van der Waals surface area contributed by atoms with Gasteiger partial charge in [-0.15, -0.1) is 0 Å². The van der Waals surface area contributed by atoms with E-state index in [-0.39, 0.29) is 12.2 Å². The maximum absolute atomic E-state index is 6.17. The Bertz CT molecular complexity index is 193. The SMILES string of the molecule is C[C@@H](OC1CCCCC1)[C@@H](C)OC1CCCCC1. The third-order valence-corrected chi connectivity index (χ3v) is 4.58. The molecule has 0 radical (unpaired) electrons. The Morgan fingerprint density at radius 3 is 1.28 bits per heavy atom. The lowest BCUT2D eigenvalue weighted by Gasteiger charge is -2.32. The molecule has 0 bridgehead atoms. The van der Waals surface area contributed by atoms with Crippen molar-refractivity contribution in [1.29, 1.82) is 0 Å². The largest absolute Gasteiger partial charge is 0.373 e. The van der Waals surface area contributed by atoms with Gasteiger partial charge in [0, 0.05) is 0 Å². The van der Waals surface area contributed by atoms with Gasteiger partial charge >= 0.3 is 0 Å². The predicted molar refractivity (Wildman–Crippen MR) is 74.8 cm³/mol. The highest BCUT2D eigenvalue weighted by molar-refractivity contribution is 4.72. The Labute approximate surface area is 112 Å². The molecule has 2 aliphatic rings. The van der Waals surface area contributed by atoms with E-state index in [2.05, 4.69) is 13.8 Å². The van der Waals surface area contributed by atoms with Crippen molar-refractivity contribution in [2.24, 2.45) is 0 Å². The minimum absolute atomic E-state index is 0.245. The average molecular weight is 254 g/mol. The third-order valence-electron chi connectivity index (χ3n) is 4.58. The van der Waals surface area contributed by atoms with Crippen LogP contribution in [0.3, 0.4) is 0 Å². The van der Waals surface area contributed by atoms with Crippen LogP contribution in [0.25, 0.3) is 0 Å². The van der Waals surface area contributed by atoms with Crippen LogP contribution in [0, 0.1) is 0 Å². The molecule has 2 heteroatoms. The van der Waals surface area contributed by atoms with Crippen molar-refractivity contribution < 1.29 is 9.47 Å². The molecule has 0 spiro atoms. The van der Waals surface area contributed by atoms with Gasteiger partial charge in [-0.3, -0.25) is 0 Å². The molecule has 0 aromatic heterocycles. The van der Waals surface area contributed by atoms with Gasteiger partial charge in [0.1, 0.15) is 0 Å². The van der Waals surface area contributed by atoms with E-state index in [1.54, 1.807) is 0 Å². The molecule has 2 fully saturated rings. The van der Waals surface area contributed by atoms with Crippen molar-refractivity contribution in [3.05, 3.63) is 0 Å². The summed E-state index contributed by atoms with van der Waals surface area (Å²) in [6.07, 6.45) is 14.6. The van der Waals surface area contributed by atoms with Crippen molar-refractivity contribution in [1.82, 2.24) is 0 Å². The number of hydrogen-bond acceptors (Lipinski definition) is 2. The Balaban J connectivity index is 1.68. The Morgan fingerprint density at radius 1 is 0.611 bits per heavy atom. The number of hydrogen-bond donors (Lipinski definition) is 0. The minimum Gasteiger partial charge on any atom is -0.373 e. The molecule has 0 saturated heterocycles. The summed E-state index contributed by atoms with van der Waals surface area (Å²) in [5.41, 5.74) is 0. The van der Waals surface area contributed by atoms with Gasteiger partial charge in [0.15, 0.2) is 0 Å². The standard InChI is InChI=1S/C16H30O2/c1-13(17-15-9-5-3-6-10-15)14(2)18-16-11-7-4-8-12-16/h13-16H,3-12H2,1-2H3/t13-,14-/m1/s1. The van der Waals surface area contributed by atoms with Crippen LogP contribution in [0.2, 0.25) is 0 Å². The fraction of sp³-hybridized carbons (Fsp3) is 1.00. The van der Waals surface area contributed by atoms with Crippen LogP contribution in [0.15, 0.2) is 0 Å². The summed E-state index contributed by atoms with van der Waals surface area (Å²) in [4.78, 5) is 0. The first kappa shape index (κ1) is 14.3. The normalized spacial score (nSPS) is 27.0. The van der Waals surface area contributed by atoms with Crippen molar-refractivity contribution in [2.75, 3.05) is 0 Å². The van der Waals surface area contributed by atoms with Crippen LogP contribution in [0.4, 0.5) is 0 Å². The minimum atomic E-state index is 0.245. The molecular weight excluding hydrogens is 224 g/mol. The predicted octanol–water partition coefficient (Wildman–Crippen LogP) is 4.46. The molecule has 0 heterocycles. The zero-order valence-electron chi connectivity index (χ0n) is 12.2. The van der Waals surface area contributed by atoms with E-state index in [0.717, 1.165) is 0 Å². The zero-order valence-corrected chi connectivity index (χ0v) is 12.2. The molecule has 2 saturated carbocycles. The molecule has 2 nitrogen and oxygen atoms in total. The molecule has 106 valence electrons. The molecule has 2 rings (SSSR count). The maximum atomic E-state index is 6.17. The van der Waals surface area contributed by atoms with Crippen LogP contribution in [0.1, 0.15) is 78.1 Å². The van der Waals surface area contributed by atoms with Crippen LogP contribution < -0.4 is 0 Å². The molecule has 18 heavy (non-hydrogen) atoms. The van der Waals surface area contributed by atoms with Crippen LogP contribution in [-0.4, -0.2) is 24.4 Å². The van der Waals surface area contributed by atoms with Crippen molar-refractivity contribution >= 4 is 0 Å². The van der Waals surface area contributed by atoms with Gasteiger partial charge in [-0.25, -0.2) is 0 Å². The maximum Gasteiger partial charge on any atom is 0.0809 e. The zero-order chi connectivity index (χ0) is 12.8. The monoisotopic (exact) mass is 254 g/mol. The lowest BCUT2D eigenvalue weighted by atomic mass is 9.97. The highest BCUT2D eigenvalue weighted by Crippen LogP contribution is 2.25. The van der Waals surface area contributed by atoms with Gasteiger partial charge in [-0.1, -0.05) is 38.5 Å². The molecule has 0 N–H and O–H groups in total. The quantitative estimate of drug-likeness (QED) is 0.721. The van der Waals surface area contributed by atoms with Gasteiger partial charge in [0.05, 0.1) is 24.4 Å². The summed E-state index contributed by atoms with van der Waals surface area (Å²) in [7, 11) is 0. The Kier molecular flexibility index (Phi) is 5.97. The van der Waals surface area contributed by atoms with E-state index in [9.17, 15) is 0 Å². The second-order valence-electron chi connectivity index (χ2n) is 6.20. The molecule has 0 aromatic rings. The van der Waals surface area contributed by atoms with Gasteiger partial charge in [0.25, 0.3) is 0 Å². The van der Waals surface area contributed by atoms with Crippen molar-refractivity contribution in [3.8, 4) is 0 Å². The number of rotatable bonds is 5. The van der Waals surface area contributed by atoms with Gasteiger partial charge in [0.2, 0.25) is 0 Å². The van der Waals surface area contributed by atoms with E-state index in [4.69, 9.17) is 9.47 Å². The summed E-state index contributed by atoms with van der Waals surface area (Å²) in [6.45, 7) is 4.37. The van der Waals surface area contributed by atoms with E-state index in [1.807, 2.05) is 0 Å². The van der Waals surface area contributed by atoms with Crippen LogP contribution >= 0.6 is 0 Å². The Hall–Kier alpha value is -0.0800. The smallest absolute Gasteiger partial charge is 0.0809 e. The highest BCUT2D eigenvalue weighted by atomic mass is 16.5. The second kappa shape index (κ2) is 7.49. The third kappa shape index (κ3) is 4.55. The second-order valence-corrected chi connectivity index (χ2v) is 6.20. The van der Waals surface area contributed by atoms with Gasteiger partial charge < -0.3 is 9.47 Å². The first-order valence-corrected chi connectivity index (χ1v) is 8.06. The summed E-state index contributed by atoms with van der Waals surface area (Å²) in [6, 6.07) is 0. The fourth-order valence-electron chi connectivity index (χ4n) is 3.23. The molecular formula is C16H30O2. The van der Waals surface area contributed by atoms with E-state index < -0.39 is 0 Å². The first-order chi connectivity index (χ1) is 8.75. The van der Waals surface area contributed by atoms with Gasteiger partial charge in [-0.2, -0.15) is 0 Å². The van der Waals surface area contributed by atoms with Gasteiger partial charge in [-0.05, 0) is 39.5 Å². The van der Waals surface area contributed by atoms with Crippen LogP contribution in [0.5, 0.6) is 0 Å². The van der Waals surface area contributed by atoms with E-state index >= 15 is 0 Å². The van der Waals surface area contributed by atoms with E-state index in [1.165, 1.54) is 64.2 Å². The Morgan fingerprint density at radius 2 is 0.944 bits per heavy atom. The summed E-state index contributed by atoms with van der Waals surface area (Å²) >= 11 is 0. The molecule has 2 atom stereocenters. The molecule has 2 aliphatic carbocycles.